The first kappa shape index (κ1) is 23.8. The molecular formula is C21H29FN4O3S2. The van der Waals surface area contributed by atoms with Gasteiger partial charge < -0.3 is 16.2 Å². The predicted molar refractivity (Wildman–Crippen MR) is 121 cm³/mol. The number of pyridine rings is 1. The Morgan fingerprint density at radius 2 is 2.00 bits per heavy atom. The number of hydrogen-bond acceptors (Lipinski definition) is 5. The van der Waals surface area contributed by atoms with E-state index < -0.39 is 28.4 Å². The van der Waals surface area contributed by atoms with Crippen molar-refractivity contribution in [1.82, 2.24) is 4.98 Å². The topological polar surface area (TPSA) is 131 Å². The van der Waals surface area contributed by atoms with Crippen molar-refractivity contribution >= 4 is 34.0 Å². The molecule has 2 aliphatic carbocycles. The number of aryl methyl sites for hydroxylation is 1. The second-order valence-electron chi connectivity index (χ2n) is 9.07. The van der Waals surface area contributed by atoms with Crippen molar-refractivity contribution < 1.29 is 18.5 Å². The highest BCUT2D eigenvalue weighted by molar-refractivity contribution is 7.85. The van der Waals surface area contributed by atoms with Crippen LogP contribution in [-0.4, -0.2) is 20.3 Å². The van der Waals surface area contributed by atoms with Gasteiger partial charge in [0.25, 0.3) is 0 Å². The summed E-state index contributed by atoms with van der Waals surface area (Å²) < 4.78 is 23.8. The molecule has 2 heterocycles. The number of amides is 2. The fourth-order valence-electron chi connectivity index (χ4n) is 4.05. The van der Waals surface area contributed by atoms with Crippen LogP contribution in [-0.2, 0) is 41.3 Å². The maximum atomic E-state index is 13.0. The quantitative estimate of drug-likeness (QED) is 0.550. The third-order valence-corrected chi connectivity index (χ3v) is 8.18. The summed E-state index contributed by atoms with van der Waals surface area (Å²) in [7, 11) is -1.82. The lowest BCUT2D eigenvalue weighted by atomic mass is 9.90. The predicted octanol–water partition coefficient (Wildman–Crippen LogP) is 3.38. The van der Waals surface area contributed by atoms with Gasteiger partial charge in [-0.1, -0.05) is 13.8 Å². The molecule has 1 unspecified atom stereocenters. The van der Waals surface area contributed by atoms with Crippen LogP contribution in [0.4, 0.5) is 14.9 Å². The van der Waals surface area contributed by atoms with E-state index in [0.29, 0.717) is 4.88 Å². The third-order valence-electron chi connectivity index (χ3n) is 5.66. The zero-order valence-electron chi connectivity index (χ0n) is 18.2. The van der Waals surface area contributed by atoms with E-state index in [1.165, 1.54) is 25.0 Å². The van der Waals surface area contributed by atoms with Crippen LogP contribution < -0.4 is 16.2 Å². The molecule has 0 bridgehead atoms. The van der Waals surface area contributed by atoms with Gasteiger partial charge in [-0.2, -0.15) is 0 Å². The van der Waals surface area contributed by atoms with Crippen LogP contribution >= 0.6 is 11.3 Å². The van der Waals surface area contributed by atoms with Gasteiger partial charge in [-0.05, 0) is 63.1 Å². The summed E-state index contributed by atoms with van der Waals surface area (Å²) in [6, 6.07) is 0.687. The van der Waals surface area contributed by atoms with Crippen molar-refractivity contribution in [3.63, 3.8) is 0 Å². The van der Waals surface area contributed by atoms with Gasteiger partial charge in [0.15, 0.2) is 5.82 Å². The van der Waals surface area contributed by atoms with Crippen molar-refractivity contribution in [3.8, 4) is 0 Å². The number of aliphatic hydroxyl groups is 1. The monoisotopic (exact) mass is 468 g/mol. The first-order valence-corrected chi connectivity index (χ1v) is 12.1. The molecule has 2 amide bonds. The molecule has 1 atom stereocenters. The number of nitrogens with zero attached hydrogens (tertiary/aromatic N) is 1. The number of nitrogens with one attached hydrogen (secondary N) is 1. The molecule has 10 heteroatoms. The van der Waals surface area contributed by atoms with Crippen LogP contribution in [0.1, 0.15) is 67.9 Å². The van der Waals surface area contributed by atoms with Crippen molar-refractivity contribution in [2.75, 3.05) is 5.32 Å². The number of aromatic nitrogens is 1. The van der Waals surface area contributed by atoms with Crippen molar-refractivity contribution in [1.29, 1.82) is 0 Å². The Kier molecular flexibility index (Phi) is 6.57. The Morgan fingerprint density at radius 3 is 2.52 bits per heavy atom. The van der Waals surface area contributed by atoms with E-state index >= 15 is 0 Å². The number of hydrogen-bond donors (Lipinski definition) is 4. The molecule has 2 aromatic heterocycles. The van der Waals surface area contributed by atoms with Gasteiger partial charge in [-0.15, -0.1) is 11.3 Å². The van der Waals surface area contributed by atoms with E-state index in [1.54, 1.807) is 0 Å². The van der Waals surface area contributed by atoms with E-state index in [4.69, 9.17) is 15.9 Å². The molecule has 0 spiro atoms. The SMILES string of the molecule is CC(C)(O)c1cc(F)c(S(N)=O)s1.CC1(C)CCc2c1nc1c(c2NC(N)=O)CCC1. The minimum atomic E-state index is -1.82. The maximum Gasteiger partial charge on any atom is 0.316 e. The lowest BCUT2D eigenvalue weighted by molar-refractivity contribution is 0.0823. The smallest absolute Gasteiger partial charge is 0.316 e. The largest absolute Gasteiger partial charge is 0.385 e. The molecule has 0 fully saturated rings. The number of anilines is 1. The van der Waals surface area contributed by atoms with Crippen molar-refractivity contribution in [3.05, 3.63) is 39.3 Å². The van der Waals surface area contributed by atoms with E-state index in [1.807, 2.05) is 0 Å². The fourth-order valence-corrected chi connectivity index (χ4v) is 5.66. The number of rotatable bonds is 3. The van der Waals surface area contributed by atoms with Crippen LogP contribution in [0.2, 0.25) is 0 Å². The third kappa shape index (κ3) is 4.97. The Bertz CT molecular complexity index is 1040. The van der Waals surface area contributed by atoms with Gasteiger partial charge in [0.05, 0.1) is 17.0 Å². The highest BCUT2D eigenvalue weighted by Crippen LogP contribution is 2.44. The Balaban J connectivity index is 0.000000187. The molecule has 2 aromatic rings. The van der Waals surface area contributed by atoms with Gasteiger partial charge in [-0.3, -0.25) is 4.98 Å². The molecule has 2 aliphatic rings. The number of nitrogens with two attached hydrogens (primary N) is 2. The van der Waals surface area contributed by atoms with Gasteiger partial charge in [-0.25, -0.2) is 18.5 Å². The minimum Gasteiger partial charge on any atom is -0.385 e. The molecule has 31 heavy (non-hydrogen) atoms. The van der Waals surface area contributed by atoms with Crippen LogP contribution in [0, 0.1) is 5.82 Å². The Morgan fingerprint density at radius 1 is 1.32 bits per heavy atom. The molecule has 4 rings (SSSR count). The van der Waals surface area contributed by atoms with Crippen molar-refractivity contribution in [2.24, 2.45) is 10.9 Å². The summed E-state index contributed by atoms with van der Waals surface area (Å²) in [5.41, 5.74) is 10.0. The Hall–Kier alpha value is -1.88. The molecule has 0 aliphatic heterocycles. The second kappa shape index (κ2) is 8.57. The van der Waals surface area contributed by atoms with Crippen LogP contribution in [0.5, 0.6) is 0 Å². The van der Waals surface area contributed by atoms with E-state index in [-0.39, 0.29) is 9.62 Å². The number of halogens is 1. The highest BCUT2D eigenvalue weighted by atomic mass is 32.2. The van der Waals surface area contributed by atoms with Gasteiger partial charge >= 0.3 is 6.03 Å². The zero-order chi connectivity index (χ0) is 23.1. The summed E-state index contributed by atoms with van der Waals surface area (Å²) in [4.78, 5) is 16.5. The summed E-state index contributed by atoms with van der Waals surface area (Å²) in [5.74, 6) is -0.622. The normalized spacial score (nSPS) is 17.4. The lowest BCUT2D eigenvalue weighted by Gasteiger charge is -2.20. The van der Waals surface area contributed by atoms with Crippen LogP contribution in [0.25, 0.3) is 0 Å². The zero-order valence-corrected chi connectivity index (χ0v) is 19.8. The van der Waals surface area contributed by atoms with Gasteiger partial charge in [0.2, 0.25) is 0 Å². The molecule has 0 aromatic carbocycles. The number of primary amides is 1. The number of carbonyl (C=O) groups excluding carboxylic acids is 1. The first-order valence-electron chi connectivity index (χ1n) is 10.1. The molecule has 7 nitrogen and oxygen atoms in total. The Labute approximate surface area is 188 Å². The lowest BCUT2D eigenvalue weighted by Crippen LogP contribution is -2.22. The van der Waals surface area contributed by atoms with Gasteiger partial charge in [0, 0.05) is 16.0 Å². The van der Waals surface area contributed by atoms with Crippen molar-refractivity contribution in [2.45, 2.75) is 75.0 Å². The van der Waals surface area contributed by atoms with Crippen LogP contribution in [0.15, 0.2) is 10.3 Å². The molecule has 0 saturated carbocycles. The van der Waals surface area contributed by atoms with Gasteiger partial charge in [0.1, 0.15) is 15.2 Å². The van der Waals surface area contributed by atoms with Crippen LogP contribution in [0.3, 0.4) is 0 Å². The molecule has 6 N–H and O–H groups in total. The number of fused-ring (bicyclic) bond motifs is 2. The standard InChI is InChI=1S/C14H19N3O.C7H10FNO2S2/c1-14(2)7-6-9-11(17-13(15)18)8-4-3-5-10(8)16-12(9)14;1-7(2,10)5-3-4(8)6(12-5)13(9)11/h3-7H2,1-2H3,(H3,15,16,17,18);3,10H,9H2,1-2H3. The molecule has 0 radical (unpaired) electrons. The molecular weight excluding hydrogens is 439 g/mol. The fraction of sp³-hybridized carbons (Fsp3) is 0.524. The number of thiophene rings is 1. The van der Waals surface area contributed by atoms with E-state index in [0.717, 1.165) is 66.6 Å². The first-order chi connectivity index (χ1) is 14.3. The maximum absolute atomic E-state index is 13.0. The minimum absolute atomic E-state index is 0.0304. The second-order valence-corrected chi connectivity index (χ2v) is 11.4. The summed E-state index contributed by atoms with van der Waals surface area (Å²) in [6.45, 7) is 7.51. The highest BCUT2D eigenvalue weighted by Gasteiger charge is 2.36. The average Bonchev–Trinajstić information content (AvgIpc) is 3.32. The number of urea groups is 1. The van der Waals surface area contributed by atoms with E-state index in [2.05, 4.69) is 19.2 Å². The van der Waals surface area contributed by atoms with E-state index in [9.17, 15) is 18.5 Å². The summed E-state index contributed by atoms with van der Waals surface area (Å²) in [5, 5.41) is 17.4. The average molecular weight is 469 g/mol. The number of carbonyl (C=O) groups is 1. The summed E-state index contributed by atoms with van der Waals surface area (Å²) >= 11 is 0.924. The molecule has 170 valence electrons. The summed E-state index contributed by atoms with van der Waals surface area (Å²) in [6.07, 6.45) is 5.22. The molecule has 0 saturated heterocycles.